The molecule has 0 spiro atoms. The predicted molar refractivity (Wildman–Crippen MR) is 69.5 cm³/mol. The van der Waals surface area contributed by atoms with E-state index in [9.17, 15) is 9.59 Å². The van der Waals surface area contributed by atoms with Gasteiger partial charge in [-0.1, -0.05) is 12.6 Å². The van der Waals surface area contributed by atoms with Gasteiger partial charge in [0.1, 0.15) is 0 Å². The van der Waals surface area contributed by atoms with Crippen LogP contribution in [0, 0.1) is 0 Å². The third kappa shape index (κ3) is 2.27. The average molecular weight is 245 g/mol. The third-order valence-electron chi connectivity index (χ3n) is 3.20. The predicted octanol–water partition coefficient (Wildman–Crippen LogP) is 2.08. The fourth-order valence-corrected chi connectivity index (χ4v) is 2.16. The van der Waals surface area contributed by atoms with Gasteiger partial charge in [0.05, 0.1) is 6.42 Å². The summed E-state index contributed by atoms with van der Waals surface area (Å²) in [5.41, 5.74) is 3.39. The second-order valence-electron chi connectivity index (χ2n) is 4.47. The molecule has 1 amide bonds. The highest BCUT2D eigenvalue weighted by atomic mass is 16.4. The number of aliphatic carboxylic acids is 1. The summed E-state index contributed by atoms with van der Waals surface area (Å²) in [6.07, 6.45) is 1.14. The van der Waals surface area contributed by atoms with Crippen molar-refractivity contribution in [3.63, 3.8) is 0 Å². The lowest BCUT2D eigenvalue weighted by molar-refractivity contribution is -0.135. The van der Waals surface area contributed by atoms with Crippen LogP contribution in [-0.4, -0.2) is 24.0 Å². The molecule has 4 nitrogen and oxygen atoms in total. The summed E-state index contributed by atoms with van der Waals surface area (Å²) in [6.45, 7) is 3.79. The molecule has 0 atom stereocenters. The first-order valence-electron chi connectivity index (χ1n) is 5.78. The molecule has 94 valence electrons. The molecule has 0 saturated heterocycles. The van der Waals surface area contributed by atoms with Crippen molar-refractivity contribution >= 4 is 23.1 Å². The Kier molecular flexibility index (Phi) is 3.19. The maximum atomic E-state index is 11.6. The Morgan fingerprint density at radius 2 is 2.17 bits per heavy atom. The van der Waals surface area contributed by atoms with Crippen LogP contribution in [-0.2, 0) is 16.0 Å². The number of carbonyl (C=O) groups is 2. The van der Waals surface area contributed by atoms with Crippen LogP contribution < -0.4 is 4.90 Å². The van der Waals surface area contributed by atoms with Crippen molar-refractivity contribution in [2.24, 2.45) is 0 Å². The van der Waals surface area contributed by atoms with E-state index in [4.69, 9.17) is 5.11 Å². The largest absolute Gasteiger partial charge is 0.481 e. The number of hydrogen-bond donors (Lipinski definition) is 1. The zero-order chi connectivity index (χ0) is 13.3. The Hall–Kier alpha value is -2.10. The van der Waals surface area contributed by atoms with Gasteiger partial charge in [-0.25, -0.2) is 0 Å². The molecule has 0 saturated carbocycles. The number of nitrogens with zero attached hydrogens (tertiary/aromatic N) is 1. The molecule has 1 aromatic carbocycles. The summed E-state index contributed by atoms with van der Waals surface area (Å²) in [5.74, 6) is -0.773. The van der Waals surface area contributed by atoms with Crippen LogP contribution in [0.4, 0.5) is 5.69 Å². The Morgan fingerprint density at radius 3 is 2.83 bits per heavy atom. The topological polar surface area (TPSA) is 57.6 Å². The lowest BCUT2D eigenvalue weighted by atomic mass is 9.95. The Labute approximate surface area is 106 Å². The van der Waals surface area contributed by atoms with Gasteiger partial charge in [0, 0.05) is 19.2 Å². The van der Waals surface area contributed by atoms with E-state index >= 15 is 0 Å². The minimum absolute atomic E-state index is 0.0619. The summed E-state index contributed by atoms with van der Waals surface area (Å²) >= 11 is 0. The number of hydrogen-bond acceptors (Lipinski definition) is 2. The van der Waals surface area contributed by atoms with Crippen molar-refractivity contribution in [1.29, 1.82) is 0 Å². The first-order chi connectivity index (χ1) is 8.49. The van der Waals surface area contributed by atoms with Crippen LogP contribution in [0.25, 0.3) is 5.57 Å². The summed E-state index contributed by atoms with van der Waals surface area (Å²) in [4.78, 5) is 23.8. The summed E-state index contributed by atoms with van der Waals surface area (Å²) in [5, 5.41) is 8.75. The highest BCUT2D eigenvalue weighted by Crippen LogP contribution is 2.30. The molecule has 0 radical (unpaired) electrons. The molecular formula is C14H15NO3. The maximum Gasteiger partial charge on any atom is 0.307 e. The van der Waals surface area contributed by atoms with E-state index in [2.05, 4.69) is 6.58 Å². The number of benzene rings is 1. The van der Waals surface area contributed by atoms with Gasteiger partial charge in [0.2, 0.25) is 5.91 Å². The SMILES string of the molecule is C=C(CC(=O)O)c1ccc2c(c1)CCC(=O)N2C. The van der Waals surface area contributed by atoms with Gasteiger partial charge in [-0.05, 0) is 35.3 Å². The highest BCUT2D eigenvalue weighted by molar-refractivity contribution is 5.96. The molecule has 1 aliphatic rings. The van der Waals surface area contributed by atoms with Gasteiger partial charge in [-0.15, -0.1) is 0 Å². The van der Waals surface area contributed by atoms with Gasteiger partial charge in [-0.2, -0.15) is 0 Å². The minimum Gasteiger partial charge on any atom is -0.481 e. The molecule has 2 rings (SSSR count). The fraction of sp³-hybridized carbons (Fsp3) is 0.286. The molecule has 1 aliphatic heterocycles. The van der Waals surface area contributed by atoms with E-state index in [-0.39, 0.29) is 12.3 Å². The molecule has 4 heteroatoms. The molecule has 1 aromatic rings. The van der Waals surface area contributed by atoms with Crippen molar-refractivity contribution < 1.29 is 14.7 Å². The van der Waals surface area contributed by atoms with Gasteiger partial charge in [0.25, 0.3) is 0 Å². The number of anilines is 1. The molecular weight excluding hydrogens is 230 g/mol. The van der Waals surface area contributed by atoms with Gasteiger partial charge in [-0.3, -0.25) is 9.59 Å². The number of carboxylic acid groups (broad SMARTS) is 1. The van der Waals surface area contributed by atoms with Gasteiger partial charge in [0.15, 0.2) is 0 Å². The number of carbonyl (C=O) groups excluding carboxylic acids is 1. The summed E-state index contributed by atoms with van der Waals surface area (Å²) in [6, 6.07) is 5.61. The Bertz CT molecular complexity index is 534. The molecule has 1 heterocycles. The zero-order valence-electron chi connectivity index (χ0n) is 10.3. The van der Waals surface area contributed by atoms with Crippen LogP contribution in [0.3, 0.4) is 0 Å². The standard InChI is InChI=1S/C14H15NO3/c1-9(7-14(17)18)10-3-5-12-11(8-10)4-6-13(16)15(12)2/h3,5,8H,1,4,6-7H2,2H3,(H,17,18). The molecule has 1 N–H and O–H groups in total. The van der Waals surface area contributed by atoms with Gasteiger partial charge >= 0.3 is 5.97 Å². The number of fused-ring (bicyclic) bond motifs is 1. The van der Waals surface area contributed by atoms with E-state index in [1.54, 1.807) is 11.9 Å². The van der Waals surface area contributed by atoms with E-state index in [1.807, 2.05) is 18.2 Å². The normalized spacial score (nSPS) is 14.3. The molecule has 18 heavy (non-hydrogen) atoms. The zero-order valence-corrected chi connectivity index (χ0v) is 10.3. The molecule has 0 bridgehead atoms. The van der Waals surface area contributed by atoms with Crippen molar-refractivity contribution in [1.82, 2.24) is 0 Å². The molecule has 0 fully saturated rings. The minimum atomic E-state index is -0.884. The lowest BCUT2D eigenvalue weighted by Crippen LogP contribution is -2.31. The third-order valence-corrected chi connectivity index (χ3v) is 3.20. The molecule has 0 aliphatic carbocycles. The van der Waals surface area contributed by atoms with Crippen LogP contribution >= 0.6 is 0 Å². The Morgan fingerprint density at radius 1 is 1.44 bits per heavy atom. The smallest absolute Gasteiger partial charge is 0.307 e. The number of amides is 1. The number of rotatable bonds is 3. The van der Waals surface area contributed by atoms with Crippen LogP contribution in [0.1, 0.15) is 24.0 Å². The van der Waals surface area contributed by atoms with E-state index in [0.717, 1.165) is 16.8 Å². The molecule has 0 aromatic heterocycles. The van der Waals surface area contributed by atoms with E-state index < -0.39 is 5.97 Å². The molecule has 0 unspecified atom stereocenters. The Balaban J connectivity index is 2.31. The summed E-state index contributed by atoms with van der Waals surface area (Å²) in [7, 11) is 1.76. The second kappa shape index (κ2) is 4.64. The maximum absolute atomic E-state index is 11.6. The van der Waals surface area contributed by atoms with Crippen LogP contribution in [0.2, 0.25) is 0 Å². The summed E-state index contributed by atoms with van der Waals surface area (Å²) < 4.78 is 0. The van der Waals surface area contributed by atoms with E-state index in [0.29, 0.717) is 18.4 Å². The second-order valence-corrected chi connectivity index (χ2v) is 4.47. The fourth-order valence-electron chi connectivity index (χ4n) is 2.16. The highest BCUT2D eigenvalue weighted by Gasteiger charge is 2.21. The average Bonchev–Trinajstić information content (AvgIpc) is 2.32. The first kappa shape index (κ1) is 12.4. The monoisotopic (exact) mass is 245 g/mol. The number of aryl methyl sites for hydroxylation is 1. The van der Waals surface area contributed by atoms with Crippen molar-refractivity contribution in [3.8, 4) is 0 Å². The van der Waals surface area contributed by atoms with Crippen molar-refractivity contribution in [2.75, 3.05) is 11.9 Å². The number of carboxylic acids is 1. The van der Waals surface area contributed by atoms with E-state index in [1.165, 1.54) is 0 Å². The lowest BCUT2D eigenvalue weighted by Gasteiger charge is -2.26. The van der Waals surface area contributed by atoms with Crippen LogP contribution in [0.15, 0.2) is 24.8 Å². The quantitative estimate of drug-likeness (QED) is 0.887. The first-order valence-corrected chi connectivity index (χ1v) is 5.78. The van der Waals surface area contributed by atoms with Crippen molar-refractivity contribution in [2.45, 2.75) is 19.3 Å². The van der Waals surface area contributed by atoms with Crippen molar-refractivity contribution in [3.05, 3.63) is 35.9 Å². The van der Waals surface area contributed by atoms with Gasteiger partial charge < -0.3 is 10.0 Å². The van der Waals surface area contributed by atoms with Crippen LogP contribution in [0.5, 0.6) is 0 Å².